The van der Waals surface area contributed by atoms with Gasteiger partial charge in [0.1, 0.15) is 6.04 Å². The molecule has 1 aromatic carbocycles. The van der Waals surface area contributed by atoms with Gasteiger partial charge in [-0.3, -0.25) is 4.79 Å². The number of ether oxygens (including phenoxy) is 1. The molecule has 152 valence electrons. The van der Waals surface area contributed by atoms with E-state index in [4.69, 9.17) is 9.72 Å². The van der Waals surface area contributed by atoms with Gasteiger partial charge >= 0.3 is 5.97 Å². The van der Waals surface area contributed by atoms with Crippen molar-refractivity contribution in [2.24, 2.45) is 5.92 Å². The van der Waals surface area contributed by atoms with E-state index in [1.165, 1.54) is 21.7 Å². The molecule has 28 heavy (non-hydrogen) atoms. The van der Waals surface area contributed by atoms with E-state index in [1.54, 1.807) is 11.3 Å². The maximum atomic E-state index is 12.5. The number of para-hydroxylation sites is 1. The minimum atomic E-state index is -0.567. The first-order chi connectivity index (χ1) is 13.5. The number of carbonyl (C=O) groups is 2. The Bertz CT molecular complexity index is 781. The number of carbonyl (C=O) groups excluding carboxylic acids is 2. The lowest BCUT2D eigenvalue weighted by molar-refractivity contribution is -0.897. The van der Waals surface area contributed by atoms with Gasteiger partial charge in [-0.2, -0.15) is 0 Å². The van der Waals surface area contributed by atoms with Gasteiger partial charge in [-0.05, 0) is 18.1 Å². The molecule has 0 aliphatic carbocycles. The summed E-state index contributed by atoms with van der Waals surface area (Å²) in [6.45, 7) is 6.25. The number of fused-ring (bicyclic) bond motifs is 1. The normalized spacial score (nSPS) is 21.8. The molecule has 6 nitrogen and oxygen atoms in total. The van der Waals surface area contributed by atoms with Crippen LogP contribution in [0.4, 0.5) is 0 Å². The van der Waals surface area contributed by atoms with Crippen molar-refractivity contribution in [3.8, 4) is 0 Å². The van der Waals surface area contributed by atoms with Gasteiger partial charge < -0.3 is 15.0 Å². The van der Waals surface area contributed by atoms with Gasteiger partial charge in [-0.1, -0.05) is 32.4 Å². The van der Waals surface area contributed by atoms with Crippen molar-refractivity contribution in [3.05, 3.63) is 29.3 Å². The fourth-order valence-corrected chi connectivity index (χ4v) is 4.90. The number of nitrogens with one attached hydrogen (secondary N) is 2. The second-order valence-electron chi connectivity index (χ2n) is 7.67. The summed E-state index contributed by atoms with van der Waals surface area (Å²) >= 11 is 1.79. The van der Waals surface area contributed by atoms with E-state index in [0.717, 1.165) is 37.9 Å². The van der Waals surface area contributed by atoms with Crippen molar-refractivity contribution in [2.75, 3.05) is 26.7 Å². The monoisotopic (exact) mass is 404 g/mol. The highest BCUT2D eigenvalue weighted by Crippen LogP contribution is 2.31. The molecule has 0 spiro atoms. The molecule has 1 fully saturated rings. The predicted molar refractivity (Wildman–Crippen MR) is 111 cm³/mol. The summed E-state index contributed by atoms with van der Waals surface area (Å²) in [6.07, 6.45) is 2.88. The van der Waals surface area contributed by atoms with Crippen molar-refractivity contribution in [1.29, 1.82) is 0 Å². The van der Waals surface area contributed by atoms with Crippen molar-refractivity contribution >= 4 is 33.4 Å². The minimum absolute atomic E-state index is 0.0520. The van der Waals surface area contributed by atoms with Crippen molar-refractivity contribution < 1.29 is 19.2 Å². The van der Waals surface area contributed by atoms with Crippen LogP contribution in [0.2, 0.25) is 0 Å². The van der Waals surface area contributed by atoms with E-state index < -0.39 is 6.04 Å². The third-order valence-corrected chi connectivity index (χ3v) is 6.95. The van der Waals surface area contributed by atoms with Gasteiger partial charge in [-0.25, -0.2) is 9.78 Å². The molecular weight excluding hydrogens is 374 g/mol. The van der Waals surface area contributed by atoms with Crippen LogP contribution in [-0.4, -0.2) is 49.6 Å². The second-order valence-corrected chi connectivity index (χ2v) is 8.74. The van der Waals surface area contributed by atoms with Gasteiger partial charge in [0.2, 0.25) is 0 Å². The summed E-state index contributed by atoms with van der Waals surface area (Å²) in [5.41, 5.74) is 1.08. The van der Waals surface area contributed by atoms with Crippen LogP contribution in [0.5, 0.6) is 0 Å². The molecule has 0 bridgehead atoms. The zero-order valence-electron chi connectivity index (χ0n) is 16.9. The second kappa shape index (κ2) is 9.47. The molecule has 1 aliphatic rings. The third kappa shape index (κ3) is 4.89. The van der Waals surface area contributed by atoms with E-state index in [9.17, 15) is 9.59 Å². The number of esters is 1. The van der Waals surface area contributed by atoms with Crippen molar-refractivity contribution in [3.63, 3.8) is 0 Å². The summed E-state index contributed by atoms with van der Waals surface area (Å²) in [5.74, 6) is 0.0831. The fourth-order valence-electron chi connectivity index (χ4n) is 3.76. The Labute approximate surface area is 170 Å². The Balaban J connectivity index is 1.51. The van der Waals surface area contributed by atoms with Crippen LogP contribution in [-0.2, 0) is 14.3 Å². The number of amides is 1. The molecule has 2 heterocycles. The van der Waals surface area contributed by atoms with Crippen LogP contribution in [0.25, 0.3) is 10.2 Å². The highest BCUT2D eigenvalue weighted by atomic mass is 32.1. The number of benzene rings is 1. The summed E-state index contributed by atoms with van der Waals surface area (Å²) < 4.78 is 6.09. The Morgan fingerprint density at radius 1 is 1.32 bits per heavy atom. The highest BCUT2D eigenvalue weighted by Gasteiger charge is 2.30. The number of hydrogen-bond acceptors (Lipinski definition) is 5. The molecule has 2 aromatic rings. The lowest BCUT2D eigenvalue weighted by atomic mass is 9.97. The van der Waals surface area contributed by atoms with Crippen LogP contribution in [0.15, 0.2) is 24.3 Å². The van der Waals surface area contributed by atoms with Gasteiger partial charge in [0, 0.05) is 18.8 Å². The first kappa shape index (κ1) is 20.7. The van der Waals surface area contributed by atoms with E-state index in [-0.39, 0.29) is 17.8 Å². The number of likely N-dealkylation sites (tertiary alicyclic amines) is 1. The lowest BCUT2D eigenvalue weighted by Crippen LogP contribution is -3.14. The average Bonchev–Trinajstić information content (AvgIpc) is 3.15. The van der Waals surface area contributed by atoms with Crippen LogP contribution >= 0.6 is 11.3 Å². The van der Waals surface area contributed by atoms with E-state index >= 15 is 0 Å². The number of aromatic nitrogens is 1. The molecule has 1 amide bonds. The summed E-state index contributed by atoms with van der Waals surface area (Å²) in [6, 6.07) is 7.70. The number of piperidine rings is 1. The number of hydrogen-bond donors (Lipinski definition) is 2. The first-order valence-corrected chi connectivity index (χ1v) is 10.9. The topological polar surface area (TPSA) is 72.7 Å². The van der Waals surface area contributed by atoms with E-state index in [0.29, 0.717) is 12.5 Å². The molecule has 0 radical (unpaired) electrons. The Morgan fingerprint density at radius 3 is 2.68 bits per heavy atom. The third-order valence-electron chi connectivity index (χ3n) is 5.75. The first-order valence-electron chi connectivity index (χ1n) is 10.1. The zero-order valence-corrected chi connectivity index (χ0v) is 17.7. The smallest absolute Gasteiger partial charge is 0.328 e. The molecule has 2 atom stereocenters. The number of methoxy groups -OCH3 is 1. The maximum absolute atomic E-state index is 12.5. The fraction of sp³-hybridized carbons (Fsp3) is 0.571. The molecule has 7 heteroatoms. The van der Waals surface area contributed by atoms with Crippen LogP contribution < -0.4 is 10.2 Å². The minimum Gasteiger partial charge on any atom is -0.467 e. The SMILES string of the molecule is CC[C@H](C)[C@@H](NC(=O)C[NH+]1CCC(c2nc3ccccc3s2)CC1)C(=O)OC. The quantitative estimate of drug-likeness (QED) is 0.690. The highest BCUT2D eigenvalue weighted by molar-refractivity contribution is 7.18. The predicted octanol–water partition coefficient (Wildman–Crippen LogP) is 1.76. The van der Waals surface area contributed by atoms with Crippen LogP contribution in [0, 0.1) is 5.92 Å². The molecule has 1 aliphatic heterocycles. The molecule has 3 rings (SSSR count). The lowest BCUT2D eigenvalue weighted by Gasteiger charge is -2.29. The van der Waals surface area contributed by atoms with Crippen LogP contribution in [0.1, 0.15) is 44.0 Å². The molecule has 2 N–H and O–H groups in total. The largest absolute Gasteiger partial charge is 0.467 e. The maximum Gasteiger partial charge on any atom is 0.328 e. The number of nitrogens with zero attached hydrogens (tertiary/aromatic N) is 1. The van der Waals surface area contributed by atoms with E-state index in [2.05, 4.69) is 23.5 Å². The molecule has 1 saturated heterocycles. The molecule has 0 unspecified atom stereocenters. The van der Waals surface area contributed by atoms with E-state index in [1.807, 2.05) is 19.9 Å². The number of rotatable bonds is 7. The van der Waals surface area contributed by atoms with Crippen molar-refractivity contribution in [2.45, 2.75) is 45.1 Å². The van der Waals surface area contributed by atoms with Gasteiger partial charge in [-0.15, -0.1) is 11.3 Å². The Kier molecular flexibility index (Phi) is 7.02. The average molecular weight is 405 g/mol. The zero-order chi connectivity index (χ0) is 20.1. The van der Waals surface area contributed by atoms with Crippen LogP contribution in [0.3, 0.4) is 0 Å². The van der Waals surface area contributed by atoms with Crippen molar-refractivity contribution in [1.82, 2.24) is 10.3 Å². The summed E-state index contributed by atoms with van der Waals surface area (Å²) in [4.78, 5) is 30.5. The molecule has 1 aromatic heterocycles. The van der Waals surface area contributed by atoms with Gasteiger partial charge in [0.15, 0.2) is 6.54 Å². The van der Waals surface area contributed by atoms with Gasteiger partial charge in [0.25, 0.3) is 5.91 Å². The summed E-state index contributed by atoms with van der Waals surface area (Å²) in [5, 5.41) is 4.10. The standard InChI is InChI=1S/C21H29N3O3S/c1-4-14(2)19(21(26)27-3)23-18(25)13-24-11-9-15(10-12-24)20-22-16-7-5-6-8-17(16)28-20/h5-8,14-15,19H,4,9-13H2,1-3H3,(H,23,25)/p+1/t14-,19+/m0/s1. The Hall–Kier alpha value is -1.99. The number of thiazole rings is 1. The molecule has 0 saturated carbocycles. The number of quaternary nitrogens is 1. The molecular formula is C21H30N3O3S+. The summed E-state index contributed by atoms with van der Waals surface area (Å²) in [7, 11) is 1.36. The Morgan fingerprint density at radius 2 is 2.04 bits per heavy atom. The van der Waals surface area contributed by atoms with Gasteiger partial charge in [0.05, 0.1) is 35.4 Å².